The lowest BCUT2D eigenvalue weighted by Crippen LogP contribution is -2.10. The smallest absolute Gasteiger partial charge is 0.252 e. The van der Waals surface area contributed by atoms with E-state index in [1.54, 1.807) is 13.1 Å². The van der Waals surface area contributed by atoms with Gasteiger partial charge in [-0.15, -0.1) is 0 Å². The summed E-state index contributed by atoms with van der Waals surface area (Å²) >= 11 is 0. The van der Waals surface area contributed by atoms with Crippen LogP contribution >= 0.6 is 0 Å². The number of aryl methyl sites for hydroxylation is 1. The van der Waals surface area contributed by atoms with Crippen molar-refractivity contribution in [1.29, 1.82) is 0 Å². The van der Waals surface area contributed by atoms with Gasteiger partial charge >= 0.3 is 0 Å². The highest BCUT2D eigenvalue weighted by molar-refractivity contribution is 5.73. The molecular weight excluding hydrogens is 232 g/mol. The Balaban J connectivity index is 1.98. The number of nitrogens with zero attached hydrogens (tertiary/aromatic N) is 3. The number of aromatic amines is 2. The van der Waals surface area contributed by atoms with Crippen molar-refractivity contribution in [2.75, 3.05) is 5.32 Å². The maximum absolute atomic E-state index is 11.3. The molecular formula is C11H10N6O. The molecule has 3 aromatic heterocycles. The van der Waals surface area contributed by atoms with Crippen molar-refractivity contribution in [3.8, 4) is 0 Å². The lowest BCUT2D eigenvalue weighted by Gasteiger charge is -2.01. The van der Waals surface area contributed by atoms with Crippen molar-refractivity contribution in [1.82, 2.24) is 24.9 Å². The number of anilines is 2. The standard InChI is InChI=1S/C11H10N6O/c1-6-5-8(18)15-10(13-6)17-11-14-7-3-2-4-12-9(7)16-11/h2-5H,1H3,(H3,12,13,14,15,16,17,18). The van der Waals surface area contributed by atoms with Crippen LogP contribution in [0.1, 0.15) is 5.69 Å². The van der Waals surface area contributed by atoms with Gasteiger partial charge in [0.2, 0.25) is 11.9 Å². The van der Waals surface area contributed by atoms with E-state index in [1.807, 2.05) is 12.1 Å². The highest BCUT2D eigenvalue weighted by Gasteiger charge is 2.04. The average molecular weight is 242 g/mol. The lowest BCUT2D eigenvalue weighted by atomic mass is 10.4. The zero-order chi connectivity index (χ0) is 12.5. The molecule has 7 heteroatoms. The normalized spacial score (nSPS) is 10.7. The molecule has 18 heavy (non-hydrogen) atoms. The molecule has 3 N–H and O–H groups in total. The Morgan fingerprint density at radius 3 is 2.83 bits per heavy atom. The predicted octanol–water partition coefficient (Wildman–Crippen LogP) is 1.09. The van der Waals surface area contributed by atoms with Gasteiger partial charge in [0.25, 0.3) is 5.56 Å². The van der Waals surface area contributed by atoms with E-state index in [9.17, 15) is 4.79 Å². The molecule has 0 spiro atoms. The van der Waals surface area contributed by atoms with Gasteiger partial charge in [0.1, 0.15) is 0 Å². The average Bonchev–Trinajstić information content (AvgIpc) is 2.69. The van der Waals surface area contributed by atoms with Crippen molar-refractivity contribution in [3.63, 3.8) is 0 Å². The second-order valence-corrected chi connectivity index (χ2v) is 3.82. The highest BCUT2D eigenvalue weighted by Crippen LogP contribution is 2.13. The highest BCUT2D eigenvalue weighted by atomic mass is 16.1. The van der Waals surface area contributed by atoms with Gasteiger partial charge in [0.05, 0.1) is 5.52 Å². The van der Waals surface area contributed by atoms with Crippen LogP contribution in [0, 0.1) is 6.92 Å². The van der Waals surface area contributed by atoms with Gasteiger partial charge in [0, 0.05) is 18.0 Å². The molecule has 0 atom stereocenters. The lowest BCUT2D eigenvalue weighted by molar-refractivity contribution is 1.06. The minimum Gasteiger partial charge on any atom is -0.322 e. The summed E-state index contributed by atoms with van der Waals surface area (Å²) in [6.07, 6.45) is 1.67. The fourth-order valence-electron chi connectivity index (χ4n) is 1.65. The molecule has 0 amide bonds. The monoisotopic (exact) mass is 242 g/mol. The molecule has 90 valence electrons. The van der Waals surface area contributed by atoms with E-state index in [0.29, 0.717) is 23.2 Å². The van der Waals surface area contributed by atoms with E-state index >= 15 is 0 Å². The summed E-state index contributed by atoms with van der Waals surface area (Å²) in [6.45, 7) is 1.75. The third-order valence-electron chi connectivity index (χ3n) is 2.36. The number of hydrogen-bond acceptors (Lipinski definition) is 5. The number of fused-ring (bicyclic) bond motifs is 1. The molecule has 3 aromatic rings. The van der Waals surface area contributed by atoms with Gasteiger partial charge in [0.15, 0.2) is 5.65 Å². The molecule has 0 fully saturated rings. The largest absolute Gasteiger partial charge is 0.322 e. The summed E-state index contributed by atoms with van der Waals surface area (Å²) in [6, 6.07) is 5.11. The van der Waals surface area contributed by atoms with Crippen molar-refractivity contribution >= 4 is 23.1 Å². The van der Waals surface area contributed by atoms with E-state index in [4.69, 9.17) is 0 Å². The number of hydrogen-bond donors (Lipinski definition) is 3. The molecule has 3 heterocycles. The van der Waals surface area contributed by atoms with Crippen molar-refractivity contribution < 1.29 is 0 Å². The van der Waals surface area contributed by atoms with Crippen LogP contribution in [-0.4, -0.2) is 24.9 Å². The third kappa shape index (κ3) is 1.93. The van der Waals surface area contributed by atoms with Crippen LogP contribution in [0.4, 0.5) is 11.9 Å². The Kier molecular flexibility index (Phi) is 2.30. The molecule has 0 aliphatic carbocycles. The molecule has 0 bridgehead atoms. The number of H-pyrrole nitrogens is 2. The van der Waals surface area contributed by atoms with Crippen molar-refractivity contribution in [3.05, 3.63) is 40.4 Å². The van der Waals surface area contributed by atoms with Gasteiger partial charge in [-0.25, -0.2) is 9.97 Å². The molecule has 0 unspecified atom stereocenters. The SMILES string of the molecule is Cc1cc(=O)[nH]c(Nc2nc3ncccc3[nH]2)n1. The zero-order valence-corrected chi connectivity index (χ0v) is 9.56. The first-order valence-electron chi connectivity index (χ1n) is 5.36. The van der Waals surface area contributed by atoms with E-state index in [-0.39, 0.29) is 5.56 Å². The van der Waals surface area contributed by atoms with E-state index in [0.717, 1.165) is 5.52 Å². The second-order valence-electron chi connectivity index (χ2n) is 3.82. The summed E-state index contributed by atoms with van der Waals surface area (Å²) in [5, 5.41) is 2.90. The summed E-state index contributed by atoms with van der Waals surface area (Å²) in [4.78, 5) is 29.4. The van der Waals surface area contributed by atoms with E-state index in [1.165, 1.54) is 6.07 Å². The molecule has 0 aromatic carbocycles. The first-order chi connectivity index (χ1) is 8.70. The molecule has 0 aliphatic heterocycles. The molecule has 7 nitrogen and oxygen atoms in total. The fourth-order valence-corrected chi connectivity index (χ4v) is 1.65. The van der Waals surface area contributed by atoms with Gasteiger partial charge in [-0.1, -0.05) is 0 Å². The Bertz CT molecular complexity index is 726. The maximum atomic E-state index is 11.3. The van der Waals surface area contributed by atoms with Gasteiger partial charge in [-0.05, 0) is 19.1 Å². The van der Waals surface area contributed by atoms with Crippen LogP contribution in [0.3, 0.4) is 0 Å². The molecule has 0 radical (unpaired) electrons. The maximum Gasteiger partial charge on any atom is 0.252 e. The van der Waals surface area contributed by atoms with Crippen molar-refractivity contribution in [2.24, 2.45) is 0 Å². The number of imidazole rings is 1. The number of aromatic nitrogens is 5. The van der Waals surface area contributed by atoms with Gasteiger partial charge < -0.3 is 4.98 Å². The Hall–Kier alpha value is -2.70. The number of rotatable bonds is 2. The molecule has 0 saturated carbocycles. The summed E-state index contributed by atoms with van der Waals surface area (Å²) < 4.78 is 0. The first-order valence-corrected chi connectivity index (χ1v) is 5.36. The zero-order valence-electron chi connectivity index (χ0n) is 9.56. The minimum atomic E-state index is -0.209. The van der Waals surface area contributed by atoms with E-state index < -0.39 is 0 Å². The topological polar surface area (TPSA) is 99.4 Å². The van der Waals surface area contributed by atoms with Gasteiger partial charge in [-0.3, -0.25) is 15.1 Å². The van der Waals surface area contributed by atoms with Crippen LogP contribution < -0.4 is 10.9 Å². The Morgan fingerprint density at radius 1 is 1.22 bits per heavy atom. The second kappa shape index (κ2) is 3.95. The fraction of sp³-hybridized carbons (Fsp3) is 0.0909. The molecule has 0 aliphatic rings. The van der Waals surface area contributed by atoms with Gasteiger partial charge in [-0.2, -0.15) is 4.98 Å². The van der Waals surface area contributed by atoms with Crippen LogP contribution in [0.2, 0.25) is 0 Å². The van der Waals surface area contributed by atoms with Crippen molar-refractivity contribution in [2.45, 2.75) is 6.92 Å². The van der Waals surface area contributed by atoms with Crippen LogP contribution in [-0.2, 0) is 0 Å². The minimum absolute atomic E-state index is 0.209. The molecule has 0 saturated heterocycles. The van der Waals surface area contributed by atoms with Crippen LogP contribution in [0.5, 0.6) is 0 Å². The third-order valence-corrected chi connectivity index (χ3v) is 2.36. The van der Waals surface area contributed by atoms with Crippen LogP contribution in [0.15, 0.2) is 29.2 Å². The van der Waals surface area contributed by atoms with E-state index in [2.05, 4.69) is 30.2 Å². The Morgan fingerprint density at radius 2 is 2.06 bits per heavy atom. The number of nitrogens with one attached hydrogen (secondary N) is 3. The quantitative estimate of drug-likeness (QED) is 0.624. The number of pyridine rings is 1. The Labute approximate surface area is 101 Å². The predicted molar refractivity (Wildman–Crippen MR) is 66.8 cm³/mol. The first kappa shape index (κ1) is 10.5. The van der Waals surface area contributed by atoms with Crippen LogP contribution in [0.25, 0.3) is 11.2 Å². The summed E-state index contributed by atoms with van der Waals surface area (Å²) in [7, 11) is 0. The summed E-state index contributed by atoms with van der Waals surface area (Å²) in [5.41, 5.74) is 1.85. The molecule has 3 rings (SSSR count). The summed E-state index contributed by atoms with van der Waals surface area (Å²) in [5.74, 6) is 0.830.